The maximum atomic E-state index is 12.3. The van der Waals surface area contributed by atoms with Crippen LogP contribution in [0.4, 0.5) is 5.69 Å². The van der Waals surface area contributed by atoms with Crippen molar-refractivity contribution in [3.8, 4) is 0 Å². The molecule has 134 valence electrons. The summed E-state index contributed by atoms with van der Waals surface area (Å²) in [6, 6.07) is 5.27. The fourth-order valence-electron chi connectivity index (χ4n) is 2.20. The standard InChI is InChI=1S/C18H22ClN3O2S/c1-11(2)18-20-13(10-25-18)9-22(4)17(24)8-16(23)21-15-7-5-6-14(19)12(15)3/h5-7,10-11H,8-9H2,1-4H3,(H,21,23). The van der Waals surface area contributed by atoms with Crippen molar-refractivity contribution in [1.29, 1.82) is 0 Å². The largest absolute Gasteiger partial charge is 0.339 e. The molecule has 1 heterocycles. The summed E-state index contributed by atoms with van der Waals surface area (Å²) in [6.45, 7) is 6.38. The van der Waals surface area contributed by atoms with Gasteiger partial charge < -0.3 is 10.2 Å². The van der Waals surface area contributed by atoms with E-state index in [1.54, 1.807) is 36.6 Å². The van der Waals surface area contributed by atoms with Crippen molar-refractivity contribution < 1.29 is 9.59 Å². The number of anilines is 1. The van der Waals surface area contributed by atoms with Crippen molar-refractivity contribution in [1.82, 2.24) is 9.88 Å². The average Bonchev–Trinajstić information content (AvgIpc) is 3.00. The molecule has 0 saturated heterocycles. The van der Waals surface area contributed by atoms with E-state index in [0.717, 1.165) is 16.3 Å². The highest BCUT2D eigenvalue weighted by Crippen LogP contribution is 2.23. The first-order valence-corrected chi connectivity index (χ1v) is 9.27. The Morgan fingerprint density at radius 2 is 2.08 bits per heavy atom. The molecule has 0 saturated carbocycles. The molecule has 5 nitrogen and oxygen atoms in total. The Morgan fingerprint density at radius 1 is 1.36 bits per heavy atom. The molecule has 7 heteroatoms. The molecule has 0 fully saturated rings. The predicted molar refractivity (Wildman–Crippen MR) is 102 cm³/mol. The maximum absolute atomic E-state index is 12.3. The lowest BCUT2D eigenvalue weighted by Crippen LogP contribution is -2.30. The number of hydrogen-bond donors (Lipinski definition) is 1. The van der Waals surface area contributed by atoms with Crippen LogP contribution in [0.3, 0.4) is 0 Å². The minimum atomic E-state index is -0.358. The third-order valence-electron chi connectivity index (χ3n) is 3.74. The lowest BCUT2D eigenvalue weighted by molar-refractivity contribution is -0.134. The van der Waals surface area contributed by atoms with Crippen LogP contribution in [-0.2, 0) is 16.1 Å². The highest BCUT2D eigenvalue weighted by atomic mass is 35.5. The van der Waals surface area contributed by atoms with Gasteiger partial charge >= 0.3 is 0 Å². The summed E-state index contributed by atoms with van der Waals surface area (Å²) in [6.07, 6.45) is -0.219. The third kappa shape index (κ3) is 5.28. The molecular weight excluding hydrogens is 358 g/mol. The summed E-state index contributed by atoms with van der Waals surface area (Å²) >= 11 is 7.62. The van der Waals surface area contributed by atoms with Gasteiger partial charge in [-0.1, -0.05) is 31.5 Å². The van der Waals surface area contributed by atoms with Crippen molar-refractivity contribution in [2.45, 2.75) is 39.7 Å². The SMILES string of the molecule is Cc1c(Cl)cccc1NC(=O)CC(=O)N(C)Cc1csc(C(C)C)n1. The first-order valence-electron chi connectivity index (χ1n) is 8.01. The number of rotatable bonds is 6. The van der Waals surface area contributed by atoms with E-state index in [9.17, 15) is 9.59 Å². The Morgan fingerprint density at radius 3 is 2.72 bits per heavy atom. The van der Waals surface area contributed by atoms with E-state index in [1.807, 2.05) is 12.3 Å². The van der Waals surface area contributed by atoms with Crippen LogP contribution < -0.4 is 5.32 Å². The van der Waals surface area contributed by atoms with Crippen LogP contribution in [-0.4, -0.2) is 28.7 Å². The number of hydrogen-bond acceptors (Lipinski definition) is 4. The van der Waals surface area contributed by atoms with Crippen molar-refractivity contribution in [3.05, 3.63) is 44.9 Å². The van der Waals surface area contributed by atoms with Gasteiger partial charge in [0.1, 0.15) is 6.42 Å². The summed E-state index contributed by atoms with van der Waals surface area (Å²) < 4.78 is 0. The van der Waals surface area contributed by atoms with E-state index < -0.39 is 0 Å². The highest BCUT2D eigenvalue weighted by Gasteiger charge is 2.17. The zero-order valence-electron chi connectivity index (χ0n) is 14.8. The molecule has 0 aliphatic carbocycles. The molecule has 1 aromatic heterocycles. The number of aromatic nitrogens is 1. The summed E-state index contributed by atoms with van der Waals surface area (Å²) in [5.41, 5.74) is 2.24. The zero-order chi connectivity index (χ0) is 18.6. The number of benzene rings is 1. The first-order chi connectivity index (χ1) is 11.8. The van der Waals surface area contributed by atoms with Crippen LogP contribution in [0.2, 0.25) is 5.02 Å². The normalized spacial score (nSPS) is 10.8. The molecule has 0 radical (unpaired) electrons. The molecule has 2 amide bonds. The second kappa shape index (κ2) is 8.45. The number of halogens is 1. The van der Waals surface area contributed by atoms with E-state index in [4.69, 9.17) is 11.6 Å². The molecule has 2 aromatic rings. The van der Waals surface area contributed by atoms with Crippen LogP contribution in [0, 0.1) is 6.92 Å². The average molecular weight is 380 g/mol. The van der Waals surface area contributed by atoms with Crippen LogP contribution in [0.25, 0.3) is 0 Å². The van der Waals surface area contributed by atoms with Crippen molar-refractivity contribution in [2.75, 3.05) is 12.4 Å². The van der Waals surface area contributed by atoms with Gasteiger partial charge in [0.05, 0.1) is 17.2 Å². The van der Waals surface area contributed by atoms with Gasteiger partial charge in [-0.05, 0) is 24.6 Å². The maximum Gasteiger partial charge on any atom is 0.233 e. The molecule has 0 atom stereocenters. The van der Waals surface area contributed by atoms with Gasteiger partial charge in [0.25, 0.3) is 0 Å². The van der Waals surface area contributed by atoms with Crippen LogP contribution in [0.15, 0.2) is 23.6 Å². The Bertz CT molecular complexity index is 773. The molecule has 0 aliphatic rings. The van der Waals surface area contributed by atoms with Gasteiger partial charge in [-0.15, -0.1) is 11.3 Å². The number of carbonyl (C=O) groups is 2. The predicted octanol–water partition coefficient (Wildman–Crippen LogP) is 4.22. The molecule has 1 N–H and O–H groups in total. The highest BCUT2D eigenvalue weighted by molar-refractivity contribution is 7.09. The van der Waals surface area contributed by atoms with Crippen LogP contribution in [0.5, 0.6) is 0 Å². The molecule has 1 aromatic carbocycles. The molecule has 0 unspecified atom stereocenters. The summed E-state index contributed by atoms with van der Waals surface area (Å²) in [5.74, 6) is -0.244. The minimum Gasteiger partial charge on any atom is -0.339 e. The fraction of sp³-hybridized carbons (Fsp3) is 0.389. The molecular formula is C18H22ClN3O2S. The van der Waals surface area contributed by atoms with Crippen molar-refractivity contribution in [2.24, 2.45) is 0 Å². The van der Waals surface area contributed by atoms with Gasteiger partial charge in [-0.3, -0.25) is 9.59 Å². The molecule has 25 heavy (non-hydrogen) atoms. The number of thiazole rings is 1. The second-order valence-electron chi connectivity index (χ2n) is 6.22. The number of amides is 2. The second-order valence-corrected chi connectivity index (χ2v) is 7.52. The molecule has 0 aliphatic heterocycles. The van der Waals surface area contributed by atoms with E-state index in [-0.39, 0.29) is 18.2 Å². The van der Waals surface area contributed by atoms with Gasteiger partial charge in [0.15, 0.2) is 0 Å². The Hall–Kier alpha value is -1.92. The summed E-state index contributed by atoms with van der Waals surface area (Å²) in [4.78, 5) is 30.4. The molecule has 2 rings (SSSR count). The van der Waals surface area contributed by atoms with Gasteiger partial charge in [-0.2, -0.15) is 0 Å². The first kappa shape index (κ1) is 19.4. The molecule has 0 bridgehead atoms. The minimum absolute atomic E-state index is 0.219. The Kier molecular flexibility index (Phi) is 6.56. The summed E-state index contributed by atoms with van der Waals surface area (Å²) in [5, 5.41) is 6.31. The fourth-order valence-corrected chi connectivity index (χ4v) is 3.20. The van der Waals surface area contributed by atoms with Gasteiger partial charge in [0, 0.05) is 29.1 Å². The van der Waals surface area contributed by atoms with E-state index >= 15 is 0 Å². The lowest BCUT2D eigenvalue weighted by Gasteiger charge is -2.16. The third-order valence-corrected chi connectivity index (χ3v) is 5.35. The van der Waals surface area contributed by atoms with Gasteiger partial charge in [-0.25, -0.2) is 4.98 Å². The van der Waals surface area contributed by atoms with E-state index in [1.165, 1.54) is 4.90 Å². The van der Waals surface area contributed by atoms with E-state index in [0.29, 0.717) is 23.2 Å². The quantitative estimate of drug-likeness (QED) is 0.764. The number of carbonyl (C=O) groups excluding carboxylic acids is 2. The zero-order valence-corrected chi connectivity index (χ0v) is 16.4. The Balaban J connectivity index is 1.91. The van der Waals surface area contributed by atoms with Crippen molar-refractivity contribution in [3.63, 3.8) is 0 Å². The van der Waals surface area contributed by atoms with Crippen LogP contribution in [0.1, 0.15) is 42.5 Å². The monoisotopic (exact) mass is 379 g/mol. The number of nitrogens with zero attached hydrogens (tertiary/aromatic N) is 2. The molecule has 0 spiro atoms. The number of nitrogens with one attached hydrogen (secondary N) is 1. The Labute approximate surface area is 157 Å². The van der Waals surface area contributed by atoms with E-state index in [2.05, 4.69) is 24.1 Å². The summed E-state index contributed by atoms with van der Waals surface area (Å²) in [7, 11) is 1.68. The lowest BCUT2D eigenvalue weighted by atomic mass is 10.2. The topological polar surface area (TPSA) is 62.3 Å². The van der Waals surface area contributed by atoms with Gasteiger partial charge in [0.2, 0.25) is 11.8 Å². The smallest absolute Gasteiger partial charge is 0.233 e. The van der Waals surface area contributed by atoms with Crippen LogP contribution >= 0.6 is 22.9 Å². The van der Waals surface area contributed by atoms with Crippen molar-refractivity contribution >= 4 is 40.4 Å².